The van der Waals surface area contributed by atoms with Gasteiger partial charge in [-0.05, 0) is 62.4 Å². The number of aromatic nitrogens is 2. The fourth-order valence-corrected chi connectivity index (χ4v) is 4.22. The molecule has 0 aliphatic carbocycles. The second-order valence-corrected chi connectivity index (χ2v) is 8.21. The predicted molar refractivity (Wildman–Crippen MR) is 106 cm³/mol. The molecule has 5 heteroatoms. The van der Waals surface area contributed by atoms with Gasteiger partial charge in [0.2, 0.25) is 5.95 Å². The Balaban J connectivity index is 1.71. The molecule has 5 nitrogen and oxygen atoms in total. The first-order valence-corrected chi connectivity index (χ1v) is 9.52. The first-order chi connectivity index (χ1) is 12.4. The van der Waals surface area contributed by atoms with Crippen LogP contribution in [-0.2, 0) is 4.74 Å². The summed E-state index contributed by atoms with van der Waals surface area (Å²) >= 11 is 0. The molecule has 2 aliphatic heterocycles. The highest BCUT2D eigenvalue weighted by molar-refractivity contribution is 5.72. The van der Waals surface area contributed by atoms with Crippen LogP contribution in [0.15, 0.2) is 24.4 Å². The molecule has 2 aromatic rings. The number of aryl methyl sites for hydroxylation is 1. The number of hydrogen-bond acceptors (Lipinski definition) is 5. The number of fused-ring (bicyclic) bond motifs is 1. The van der Waals surface area contributed by atoms with Crippen LogP contribution in [0, 0.1) is 6.92 Å². The Labute approximate surface area is 155 Å². The number of hydrogen-bond donors (Lipinski definition) is 1. The highest BCUT2D eigenvalue weighted by Crippen LogP contribution is 2.41. The van der Waals surface area contributed by atoms with E-state index < -0.39 is 0 Å². The summed E-state index contributed by atoms with van der Waals surface area (Å²) in [6.45, 7) is 12.2. The molecule has 3 heterocycles. The number of benzene rings is 1. The van der Waals surface area contributed by atoms with Gasteiger partial charge in [0.1, 0.15) is 0 Å². The van der Waals surface area contributed by atoms with Crippen molar-refractivity contribution in [2.24, 2.45) is 0 Å². The fraction of sp³-hybridized carbons (Fsp3) is 0.524. The van der Waals surface area contributed by atoms with Gasteiger partial charge in [0.25, 0.3) is 0 Å². The van der Waals surface area contributed by atoms with Gasteiger partial charge in [0.05, 0.1) is 18.9 Å². The fourth-order valence-electron chi connectivity index (χ4n) is 4.22. The van der Waals surface area contributed by atoms with Gasteiger partial charge in [-0.15, -0.1) is 0 Å². The molecule has 1 N–H and O–H groups in total. The van der Waals surface area contributed by atoms with Crippen molar-refractivity contribution in [2.75, 3.05) is 36.5 Å². The van der Waals surface area contributed by atoms with E-state index in [2.05, 4.69) is 55.0 Å². The Morgan fingerprint density at radius 3 is 2.77 bits per heavy atom. The lowest BCUT2D eigenvalue weighted by Crippen LogP contribution is -2.37. The summed E-state index contributed by atoms with van der Waals surface area (Å²) in [7, 11) is 0. The first-order valence-electron chi connectivity index (χ1n) is 9.52. The standard InChI is InChI=1S/C21H28N4O/c1-14-11-19-17(15(2)13-21(3,4)24-19)12-16(14)18-5-6-22-20(23-18)25-7-9-26-10-8-25/h5-6,11-12,15,24H,7-10,13H2,1-4H3/t15-/m1/s1. The zero-order chi connectivity index (χ0) is 18.3. The SMILES string of the molecule is Cc1cc2c(cc1-c1ccnc(N3CCOCC3)n1)[C@H](C)CC(C)(C)N2. The zero-order valence-corrected chi connectivity index (χ0v) is 16.2. The maximum Gasteiger partial charge on any atom is 0.226 e. The van der Waals surface area contributed by atoms with Gasteiger partial charge in [0, 0.05) is 36.1 Å². The largest absolute Gasteiger partial charge is 0.380 e. The van der Waals surface area contributed by atoms with Crippen LogP contribution in [0.25, 0.3) is 11.3 Å². The summed E-state index contributed by atoms with van der Waals surface area (Å²) in [6.07, 6.45) is 3.00. The monoisotopic (exact) mass is 352 g/mol. The molecular weight excluding hydrogens is 324 g/mol. The molecule has 4 rings (SSSR count). The Bertz CT molecular complexity index is 812. The minimum absolute atomic E-state index is 0.138. The van der Waals surface area contributed by atoms with Crippen LogP contribution in [0.2, 0.25) is 0 Å². The minimum Gasteiger partial charge on any atom is -0.380 e. The third-order valence-corrected chi connectivity index (χ3v) is 5.43. The molecule has 26 heavy (non-hydrogen) atoms. The van der Waals surface area contributed by atoms with Crippen LogP contribution < -0.4 is 10.2 Å². The van der Waals surface area contributed by atoms with Crippen molar-refractivity contribution in [3.63, 3.8) is 0 Å². The molecule has 1 atom stereocenters. The number of ether oxygens (including phenoxy) is 1. The van der Waals surface area contributed by atoms with Crippen LogP contribution in [-0.4, -0.2) is 41.8 Å². The molecule has 0 bridgehead atoms. The number of nitrogens with zero attached hydrogens (tertiary/aromatic N) is 3. The third-order valence-electron chi connectivity index (χ3n) is 5.43. The summed E-state index contributed by atoms with van der Waals surface area (Å²) in [4.78, 5) is 11.6. The molecule has 2 aliphatic rings. The predicted octanol–water partition coefficient (Wildman–Crippen LogP) is 3.99. The molecule has 1 aromatic carbocycles. The van der Waals surface area contributed by atoms with Gasteiger partial charge < -0.3 is 15.0 Å². The smallest absolute Gasteiger partial charge is 0.226 e. The van der Waals surface area contributed by atoms with Gasteiger partial charge in [-0.1, -0.05) is 6.92 Å². The topological polar surface area (TPSA) is 50.3 Å². The van der Waals surface area contributed by atoms with Crippen molar-refractivity contribution >= 4 is 11.6 Å². The molecule has 1 fully saturated rings. The number of nitrogens with one attached hydrogen (secondary N) is 1. The van der Waals surface area contributed by atoms with E-state index in [4.69, 9.17) is 9.72 Å². The third kappa shape index (κ3) is 3.28. The quantitative estimate of drug-likeness (QED) is 0.886. The number of morpholine rings is 1. The van der Waals surface area contributed by atoms with Gasteiger partial charge in [0.15, 0.2) is 0 Å². The van der Waals surface area contributed by atoms with Crippen LogP contribution in [0.4, 0.5) is 11.6 Å². The van der Waals surface area contributed by atoms with Crippen molar-refractivity contribution in [1.82, 2.24) is 9.97 Å². The zero-order valence-electron chi connectivity index (χ0n) is 16.2. The molecule has 0 amide bonds. The van der Waals surface area contributed by atoms with Crippen molar-refractivity contribution < 1.29 is 4.74 Å². The molecule has 1 aromatic heterocycles. The van der Waals surface area contributed by atoms with E-state index in [0.717, 1.165) is 44.4 Å². The second-order valence-electron chi connectivity index (χ2n) is 8.21. The number of rotatable bonds is 2. The lowest BCUT2D eigenvalue weighted by Gasteiger charge is -2.38. The lowest BCUT2D eigenvalue weighted by atomic mass is 9.80. The summed E-state index contributed by atoms with van der Waals surface area (Å²) < 4.78 is 5.44. The van der Waals surface area contributed by atoms with E-state index >= 15 is 0 Å². The maximum atomic E-state index is 5.44. The van der Waals surface area contributed by atoms with E-state index in [1.165, 1.54) is 22.4 Å². The molecule has 1 saturated heterocycles. The normalized spacial score (nSPS) is 21.8. The molecular formula is C21H28N4O. The van der Waals surface area contributed by atoms with Gasteiger partial charge in [-0.2, -0.15) is 0 Å². The van der Waals surface area contributed by atoms with Crippen LogP contribution in [0.1, 0.15) is 44.2 Å². The van der Waals surface area contributed by atoms with E-state index in [1.54, 1.807) is 0 Å². The van der Waals surface area contributed by atoms with Crippen molar-refractivity contribution in [2.45, 2.75) is 45.6 Å². The Morgan fingerprint density at radius 1 is 1.23 bits per heavy atom. The van der Waals surface area contributed by atoms with Crippen molar-refractivity contribution in [3.05, 3.63) is 35.5 Å². The van der Waals surface area contributed by atoms with Crippen LogP contribution in [0.5, 0.6) is 0 Å². The summed E-state index contributed by atoms with van der Waals surface area (Å²) in [5.74, 6) is 1.33. The van der Waals surface area contributed by atoms with Crippen molar-refractivity contribution in [1.29, 1.82) is 0 Å². The highest BCUT2D eigenvalue weighted by Gasteiger charge is 2.30. The van der Waals surface area contributed by atoms with Gasteiger partial charge in [-0.25, -0.2) is 9.97 Å². The Hall–Kier alpha value is -2.14. The summed E-state index contributed by atoms with van der Waals surface area (Å²) in [6, 6.07) is 6.62. The summed E-state index contributed by atoms with van der Waals surface area (Å²) in [5.41, 5.74) is 6.23. The molecule has 0 spiro atoms. The van der Waals surface area contributed by atoms with Gasteiger partial charge >= 0.3 is 0 Å². The molecule has 0 saturated carbocycles. The Kier molecular flexibility index (Phi) is 4.35. The van der Waals surface area contributed by atoms with Crippen LogP contribution in [0.3, 0.4) is 0 Å². The first kappa shape index (κ1) is 17.3. The Morgan fingerprint density at radius 2 is 2.00 bits per heavy atom. The summed E-state index contributed by atoms with van der Waals surface area (Å²) in [5, 5.41) is 3.69. The van der Waals surface area contributed by atoms with Gasteiger partial charge in [-0.3, -0.25) is 0 Å². The highest BCUT2D eigenvalue weighted by atomic mass is 16.5. The number of anilines is 2. The molecule has 0 radical (unpaired) electrons. The molecule has 138 valence electrons. The average molecular weight is 352 g/mol. The van der Waals surface area contributed by atoms with Crippen LogP contribution >= 0.6 is 0 Å². The molecule has 0 unspecified atom stereocenters. The van der Waals surface area contributed by atoms with E-state index in [1.807, 2.05) is 12.3 Å². The average Bonchev–Trinajstić information content (AvgIpc) is 2.61. The second kappa shape index (κ2) is 6.54. The maximum absolute atomic E-state index is 5.44. The van der Waals surface area contributed by atoms with E-state index in [-0.39, 0.29) is 5.54 Å². The van der Waals surface area contributed by atoms with Crippen molar-refractivity contribution in [3.8, 4) is 11.3 Å². The minimum atomic E-state index is 0.138. The van der Waals surface area contributed by atoms with E-state index in [0.29, 0.717) is 5.92 Å². The van der Waals surface area contributed by atoms with E-state index in [9.17, 15) is 0 Å². The lowest BCUT2D eigenvalue weighted by molar-refractivity contribution is 0.122.